The van der Waals surface area contributed by atoms with E-state index in [1.54, 1.807) is 6.34 Å². The minimum Gasteiger partial charge on any atom is -0.265 e. The van der Waals surface area contributed by atoms with Crippen molar-refractivity contribution in [3.05, 3.63) is 0 Å². The zero-order chi connectivity index (χ0) is 4.24. The molecule has 2 aliphatic rings. The predicted molar refractivity (Wildman–Crippen MR) is 21.4 cm³/mol. The summed E-state index contributed by atoms with van der Waals surface area (Å²) < 4.78 is 0. The van der Waals surface area contributed by atoms with E-state index in [4.69, 9.17) is 0 Å². The summed E-state index contributed by atoms with van der Waals surface area (Å²) in [6.07, 6.45) is 1.62. The molecule has 0 aromatic carbocycles. The number of hydrogen-bond acceptors (Lipinski definition) is 4. The maximum atomic E-state index is 3.38. The summed E-state index contributed by atoms with van der Waals surface area (Å²) >= 11 is 0. The van der Waals surface area contributed by atoms with Crippen LogP contribution < -0.4 is 5.43 Å². The average molecular weight is 84.1 g/mol. The maximum absolute atomic E-state index is 3.38. The highest BCUT2D eigenvalue weighted by Crippen LogP contribution is 1.86. The third kappa shape index (κ3) is 11.5. The Morgan fingerprint density at radius 1 is 1.50 bits per heavy atom. The first-order chi connectivity index (χ1) is 3.00. The van der Waals surface area contributed by atoms with Crippen LogP contribution >= 0.6 is 0 Å². The van der Waals surface area contributed by atoms with Crippen LogP contribution in [0, 0.1) is 0 Å². The summed E-state index contributed by atoms with van der Waals surface area (Å²) in [5.41, 5.74) is 2.50. The van der Waals surface area contributed by atoms with Crippen LogP contribution in [-0.2, 0) is 0 Å². The Labute approximate surface area is 35.0 Å². The Balaban J connectivity index is 0.0000000600. The summed E-state index contributed by atoms with van der Waals surface area (Å²) in [5, 5.41) is 10.1. The zero-order valence-corrected chi connectivity index (χ0v) is 3.13. The van der Waals surface area contributed by atoms with Crippen LogP contribution in [0.15, 0.2) is 15.3 Å². The molecule has 6 heavy (non-hydrogen) atoms. The Kier molecular flexibility index (Phi) is 0.813. The lowest BCUT2D eigenvalue weighted by Gasteiger charge is -1.29. The van der Waals surface area contributed by atoms with Crippen molar-refractivity contribution < 1.29 is 0 Å². The van der Waals surface area contributed by atoms with Gasteiger partial charge in [-0.3, -0.25) is 5.43 Å². The van der Waals surface area contributed by atoms with Crippen LogP contribution in [-0.4, -0.2) is 13.0 Å². The van der Waals surface area contributed by atoms with Crippen LogP contribution in [0.25, 0.3) is 0 Å². The molecule has 2 heterocycles. The van der Waals surface area contributed by atoms with E-state index in [0.29, 0.717) is 0 Å². The molecule has 0 saturated heterocycles. The molecule has 32 valence electrons. The third-order valence-corrected chi connectivity index (χ3v) is 0.271. The highest BCUT2D eigenvalue weighted by atomic mass is 15.4. The highest BCUT2D eigenvalue weighted by molar-refractivity contribution is 5.64. The van der Waals surface area contributed by atoms with Crippen molar-refractivity contribution in [2.24, 2.45) is 15.3 Å². The highest BCUT2D eigenvalue weighted by Gasteiger charge is 1.78. The van der Waals surface area contributed by atoms with Gasteiger partial charge in [-0.15, -0.1) is 0 Å². The minimum absolute atomic E-state index is 0.750. The molecule has 2 rings (SSSR count). The number of rotatable bonds is 0. The van der Waals surface area contributed by atoms with Crippen LogP contribution in [0.1, 0.15) is 0 Å². The van der Waals surface area contributed by atoms with E-state index >= 15 is 0 Å². The monoisotopic (exact) mass is 84.0 g/mol. The predicted octanol–water partition coefficient (Wildman–Crippen LogP) is -0.0574. The molecule has 4 nitrogen and oxygen atoms in total. The van der Waals surface area contributed by atoms with Gasteiger partial charge in [-0.1, -0.05) is 0 Å². The summed E-state index contributed by atoms with van der Waals surface area (Å²) in [4.78, 5) is 0. The van der Waals surface area contributed by atoms with E-state index in [1.165, 1.54) is 0 Å². The molecule has 1 N–H and O–H groups in total. The van der Waals surface area contributed by atoms with Gasteiger partial charge in [-0.05, 0) is 0 Å². The Morgan fingerprint density at radius 3 is 1.83 bits per heavy atom. The van der Waals surface area contributed by atoms with Gasteiger partial charge in [0.05, 0.1) is 0 Å². The average Bonchev–Trinajstić information content (AvgIpc) is 2.31. The van der Waals surface area contributed by atoms with Gasteiger partial charge in [0.15, 0.2) is 6.67 Å². The lowest BCUT2D eigenvalue weighted by Crippen LogP contribution is -1.61. The lowest BCUT2D eigenvalue weighted by molar-refractivity contribution is 1.27. The van der Waals surface area contributed by atoms with E-state index in [-0.39, 0.29) is 0 Å². The second-order valence-electron chi connectivity index (χ2n) is 0.812. The van der Waals surface area contributed by atoms with Gasteiger partial charge < -0.3 is 0 Å². The summed E-state index contributed by atoms with van der Waals surface area (Å²) in [7, 11) is 0. The van der Waals surface area contributed by atoms with Crippen molar-refractivity contribution >= 4 is 6.34 Å². The maximum Gasteiger partial charge on any atom is 0.170 e. The fourth-order valence-corrected chi connectivity index (χ4v) is 0. The molecule has 0 fully saturated rings. The van der Waals surface area contributed by atoms with Crippen LogP contribution in [0.2, 0.25) is 0 Å². The van der Waals surface area contributed by atoms with E-state index in [2.05, 4.69) is 20.8 Å². The van der Waals surface area contributed by atoms with E-state index < -0.39 is 0 Å². The summed E-state index contributed by atoms with van der Waals surface area (Å²) in [5.74, 6) is 0. The molecule has 0 amide bonds. The fourth-order valence-electron chi connectivity index (χ4n) is 0. The van der Waals surface area contributed by atoms with Gasteiger partial charge in [-0.25, -0.2) is 0 Å². The minimum atomic E-state index is 0.750. The zero-order valence-electron chi connectivity index (χ0n) is 3.13. The molecular weight excluding hydrogens is 80.1 g/mol. The molecule has 0 radical (unpaired) electrons. The van der Waals surface area contributed by atoms with Crippen LogP contribution in [0.3, 0.4) is 0 Å². The van der Waals surface area contributed by atoms with Gasteiger partial charge in [-0.2, -0.15) is 15.3 Å². The third-order valence-electron chi connectivity index (χ3n) is 0.271. The van der Waals surface area contributed by atoms with Crippen molar-refractivity contribution in [1.29, 1.82) is 0 Å². The molecule has 0 bridgehead atoms. The second kappa shape index (κ2) is 1.49. The summed E-state index contributed by atoms with van der Waals surface area (Å²) in [6, 6.07) is 0. The molecule has 0 atom stereocenters. The number of hydrazone groups is 1. The van der Waals surface area contributed by atoms with Crippen LogP contribution in [0.5, 0.6) is 0 Å². The normalized spacial score (nSPS) is 17.3. The summed E-state index contributed by atoms with van der Waals surface area (Å²) in [6.45, 7) is 0.750. The first kappa shape index (κ1) is 3.27. The van der Waals surface area contributed by atoms with Crippen molar-refractivity contribution in [2.45, 2.75) is 0 Å². The number of nitrogens with zero attached hydrogens (tertiary/aromatic N) is 3. The van der Waals surface area contributed by atoms with Gasteiger partial charge in [0.2, 0.25) is 0 Å². The molecule has 4 heteroatoms. The Hall–Kier alpha value is -0.930. The van der Waals surface area contributed by atoms with Crippen molar-refractivity contribution in [2.75, 3.05) is 6.67 Å². The Morgan fingerprint density at radius 2 is 1.83 bits per heavy atom. The largest absolute Gasteiger partial charge is 0.265 e. The van der Waals surface area contributed by atoms with E-state index in [1.807, 2.05) is 0 Å². The van der Waals surface area contributed by atoms with Gasteiger partial charge in [0, 0.05) is 0 Å². The molecule has 0 aromatic rings. The smallest absolute Gasteiger partial charge is 0.170 e. The van der Waals surface area contributed by atoms with Crippen molar-refractivity contribution in [3.8, 4) is 0 Å². The van der Waals surface area contributed by atoms with Gasteiger partial charge >= 0.3 is 0 Å². The second-order valence-corrected chi connectivity index (χ2v) is 0.812. The van der Waals surface area contributed by atoms with E-state index in [0.717, 1.165) is 6.67 Å². The molecule has 0 saturated carbocycles. The first-order valence-corrected chi connectivity index (χ1v) is 1.60. The Bertz CT molecular complexity index is 63.5. The van der Waals surface area contributed by atoms with Crippen molar-refractivity contribution in [3.63, 3.8) is 0 Å². The molecule has 0 spiro atoms. The first-order valence-electron chi connectivity index (χ1n) is 1.60. The topological polar surface area (TPSA) is 59.0 Å². The molecule has 0 aliphatic carbocycles. The van der Waals surface area contributed by atoms with Crippen molar-refractivity contribution in [1.82, 2.24) is 5.43 Å². The number of nitrogens with one attached hydrogen (secondary N) is 1. The van der Waals surface area contributed by atoms with Gasteiger partial charge in [0.25, 0.3) is 0 Å². The quantitative estimate of drug-likeness (QED) is 0.439. The fraction of sp³-hybridized carbons (Fsp3) is 0.500. The van der Waals surface area contributed by atoms with Crippen LogP contribution in [0.4, 0.5) is 0 Å². The van der Waals surface area contributed by atoms with E-state index in [9.17, 15) is 0 Å². The molecule has 0 aromatic heterocycles. The standard InChI is InChI=1S/2CH2N2/c2*1-2-3-1/h1H2;1H,(H,2,3). The van der Waals surface area contributed by atoms with Gasteiger partial charge in [0.1, 0.15) is 6.34 Å². The molecule has 0 unspecified atom stereocenters. The SMILES string of the molecule is C1=NN1.C1N=N1. The molecular formula is C2H4N4. The molecule has 2 aliphatic heterocycles. The number of hydrogen-bond donors (Lipinski definition) is 1. The lowest BCUT2D eigenvalue weighted by atomic mass is 11.4.